The topological polar surface area (TPSA) is 38.8 Å². The summed E-state index contributed by atoms with van der Waals surface area (Å²) in [7, 11) is 0. The Morgan fingerprint density at radius 3 is 1.88 bits per heavy atom. The van der Waals surface area contributed by atoms with Crippen LogP contribution < -0.4 is 4.90 Å². The van der Waals surface area contributed by atoms with Crippen molar-refractivity contribution in [2.45, 2.75) is 20.1 Å². The highest BCUT2D eigenvalue weighted by Crippen LogP contribution is 2.19. The van der Waals surface area contributed by atoms with Gasteiger partial charge in [0.25, 0.3) is 5.91 Å². The standard InChI is InChI=1S/C19H21F2NO3/c1-3-24-18(25-4-2)13-22(17-11-9-16(21)10-12-17)19(23)14-5-7-15(20)8-6-14/h5-12,18H,3-4,13H2,1-2H3. The minimum Gasteiger partial charge on any atom is -0.351 e. The number of ether oxygens (including phenoxy) is 2. The van der Waals surface area contributed by atoms with Crippen molar-refractivity contribution in [2.24, 2.45) is 0 Å². The quantitative estimate of drug-likeness (QED) is 0.676. The molecule has 0 saturated heterocycles. The minimum atomic E-state index is -0.621. The Kier molecular flexibility index (Phi) is 7.03. The van der Waals surface area contributed by atoms with Crippen LogP contribution in [0.15, 0.2) is 48.5 Å². The lowest BCUT2D eigenvalue weighted by atomic mass is 10.1. The third-order valence-electron chi connectivity index (χ3n) is 3.51. The number of hydrogen-bond acceptors (Lipinski definition) is 3. The fraction of sp³-hybridized carbons (Fsp3) is 0.316. The van der Waals surface area contributed by atoms with Gasteiger partial charge in [-0.1, -0.05) is 0 Å². The first-order chi connectivity index (χ1) is 12.0. The summed E-state index contributed by atoms with van der Waals surface area (Å²) in [5.74, 6) is -1.17. The van der Waals surface area contributed by atoms with Gasteiger partial charge in [0.2, 0.25) is 0 Å². The molecule has 0 aliphatic carbocycles. The molecule has 0 aliphatic heterocycles. The highest BCUT2D eigenvalue weighted by molar-refractivity contribution is 6.06. The van der Waals surface area contributed by atoms with Gasteiger partial charge in [-0.25, -0.2) is 8.78 Å². The summed E-state index contributed by atoms with van der Waals surface area (Å²) in [4.78, 5) is 14.3. The highest BCUT2D eigenvalue weighted by Gasteiger charge is 2.22. The van der Waals surface area contributed by atoms with Crippen LogP contribution in [0.2, 0.25) is 0 Å². The molecule has 2 rings (SSSR count). The van der Waals surface area contributed by atoms with Crippen LogP contribution in [-0.2, 0) is 9.47 Å². The smallest absolute Gasteiger partial charge is 0.258 e. The Hall–Kier alpha value is -2.31. The second-order valence-electron chi connectivity index (χ2n) is 5.24. The number of hydrogen-bond donors (Lipinski definition) is 0. The Balaban J connectivity index is 2.31. The van der Waals surface area contributed by atoms with Gasteiger partial charge in [-0.2, -0.15) is 0 Å². The van der Waals surface area contributed by atoms with Crippen molar-refractivity contribution in [1.29, 1.82) is 0 Å². The Labute approximate surface area is 146 Å². The van der Waals surface area contributed by atoms with Crippen molar-refractivity contribution in [3.05, 3.63) is 65.7 Å². The van der Waals surface area contributed by atoms with Gasteiger partial charge in [0.1, 0.15) is 11.6 Å². The molecule has 6 heteroatoms. The molecule has 0 saturated carbocycles. The zero-order chi connectivity index (χ0) is 18.2. The van der Waals surface area contributed by atoms with E-state index < -0.39 is 17.9 Å². The Bertz CT molecular complexity index is 668. The average molecular weight is 349 g/mol. The molecule has 0 fully saturated rings. The van der Waals surface area contributed by atoms with Crippen LogP contribution in [0, 0.1) is 11.6 Å². The van der Waals surface area contributed by atoms with E-state index in [0.29, 0.717) is 24.5 Å². The molecule has 25 heavy (non-hydrogen) atoms. The Morgan fingerprint density at radius 2 is 1.40 bits per heavy atom. The molecule has 0 aliphatic rings. The van der Waals surface area contributed by atoms with E-state index >= 15 is 0 Å². The van der Waals surface area contributed by atoms with Crippen molar-refractivity contribution >= 4 is 11.6 Å². The van der Waals surface area contributed by atoms with Crippen molar-refractivity contribution in [1.82, 2.24) is 0 Å². The molecule has 0 radical (unpaired) electrons. The van der Waals surface area contributed by atoms with Gasteiger partial charge in [0, 0.05) is 24.5 Å². The number of nitrogens with zero attached hydrogens (tertiary/aromatic N) is 1. The second kappa shape index (κ2) is 9.25. The van der Waals surface area contributed by atoms with E-state index in [0.717, 1.165) is 0 Å². The molecular weight excluding hydrogens is 328 g/mol. The highest BCUT2D eigenvalue weighted by atomic mass is 19.1. The first-order valence-electron chi connectivity index (χ1n) is 8.11. The maximum atomic E-state index is 13.2. The Morgan fingerprint density at radius 1 is 0.920 bits per heavy atom. The molecule has 0 unspecified atom stereocenters. The van der Waals surface area contributed by atoms with Crippen LogP contribution in [0.1, 0.15) is 24.2 Å². The summed E-state index contributed by atoms with van der Waals surface area (Å²) >= 11 is 0. The number of halogens is 2. The summed E-state index contributed by atoms with van der Waals surface area (Å²) in [5.41, 5.74) is 0.817. The SMILES string of the molecule is CCOC(CN(C(=O)c1ccc(F)cc1)c1ccc(F)cc1)OCC. The van der Waals surface area contributed by atoms with Gasteiger partial charge in [-0.05, 0) is 62.4 Å². The largest absolute Gasteiger partial charge is 0.351 e. The zero-order valence-electron chi connectivity index (χ0n) is 14.2. The molecule has 134 valence electrons. The number of amides is 1. The third kappa shape index (κ3) is 5.34. The monoisotopic (exact) mass is 349 g/mol. The van der Waals surface area contributed by atoms with Crippen LogP contribution >= 0.6 is 0 Å². The van der Waals surface area contributed by atoms with Crippen molar-refractivity contribution in [3.63, 3.8) is 0 Å². The van der Waals surface area contributed by atoms with Crippen LogP contribution in [0.25, 0.3) is 0 Å². The number of anilines is 1. The molecule has 0 aromatic heterocycles. The fourth-order valence-corrected chi connectivity index (χ4v) is 2.35. The zero-order valence-corrected chi connectivity index (χ0v) is 14.2. The summed E-state index contributed by atoms with van der Waals surface area (Å²) in [6.45, 7) is 4.63. The minimum absolute atomic E-state index is 0.128. The predicted molar refractivity (Wildman–Crippen MR) is 91.5 cm³/mol. The van der Waals surface area contributed by atoms with E-state index in [4.69, 9.17) is 9.47 Å². The molecule has 2 aromatic rings. The number of carbonyl (C=O) groups is 1. The molecule has 1 amide bonds. The van der Waals surface area contributed by atoms with Gasteiger partial charge in [-0.3, -0.25) is 4.79 Å². The maximum Gasteiger partial charge on any atom is 0.258 e. The summed E-state index contributed by atoms with van der Waals surface area (Å²) in [6, 6.07) is 10.8. The van der Waals surface area contributed by atoms with Gasteiger partial charge in [-0.15, -0.1) is 0 Å². The van der Waals surface area contributed by atoms with Crippen molar-refractivity contribution in [2.75, 3.05) is 24.7 Å². The lowest BCUT2D eigenvalue weighted by molar-refractivity contribution is -0.128. The van der Waals surface area contributed by atoms with Gasteiger partial charge in [0.15, 0.2) is 6.29 Å². The van der Waals surface area contributed by atoms with E-state index in [1.54, 1.807) is 0 Å². The lowest BCUT2D eigenvalue weighted by Crippen LogP contribution is -2.40. The molecule has 4 nitrogen and oxygen atoms in total. The van der Waals surface area contributed by atoms with Crippen LogP contribution in [0.4, 0.5) is 14.5 Å². The maximum absolute atomic E-state index is 13.2. The first-order valence-corrected chi connectivity index (χ1v) is 8.11. The molecule has 0 atom stereocenters. The number of carbonyl (C=O) groups excluding carboxylic acids is 1. The van der Waals surface area contributed by atoms with Crippen molar-refractivity contribution < 1.29 is 23.0 Å². The van der Waals surface area contributed by atoms with E-state index in [9.17, 15) is 13.6 Å². The normalized spacial score (nSPS) is 10.9. The molecule has 2 aromatic carbocycles. The van der Waals surface area contributed by atoms with E-state index in [2.05, 4.69) is 0 Å². The number of benzene rings is 2. The number of rotatable bonds is 8. The van der Waals surface area contributed by atoms with E-state index in [-0.39, 0.29) is 12.5 Å². The van der Waals surface area contributed by atoms with Gasteiger partial charge in [0.05, 0.1) is 6.54 Å². The molecule has 0 bridgehead atoms. The molecular formula is C19H21F2NO3. The average Bonchev–Trinajstić information content (AvgIpc) is 2.61. The molecule has 0 heterocycles. The van der Waals surface area contributed by atoms with Crippen LogP contribution in [-0.4, -0.2) is 32.0 Å². The fourth-order valence-electron chi connectivity index (χ4n) is 2.35. The molecule has 0 N–H and O–H groups in total. The second-order valence-corrected chi connectivity index (χ2v) is 5.24. The summed E-state index contributed by atoms with van der Waals surface area (Å²) < 4.78 is 37.4. The van der Waals surface area contributed by atoms with Gasteiger partial charge >= 0.3 is 0 Å². The van der Waals surface area contributed by atoms with Gasteiger partial charge < -0.3 is 14.4 Å². The third-order valence-corrected chi connectivity index (χ3v) is 3.51. The summed E-state index contributed by atoms with van der Waals surface area (Å²) in [5, 5.41) is 0. The van der Waals surface area contributed by atoms with Crippen molar-refractivity contribution in [3.8, 4) is 0 Å². The summed E-state index contributed by atoms with van der Waals surface area (Å²) in [6.07, 6.45) is -0.621. The lowest BCUT2D eigenvalue weighted by Gasteiger charge is -2.27. The van der Waals surface area contributed by atoms with Crippen LogP contribution in [0.5, 0.6) is 0 Å². The van der Waals surface area contributed by atoms with Crippen LogP contribution in [0.3, 0.4) is 0 Å². The van der Waals surface area contributed by atoms with E-state index in [1.807, 2.05) is 13.8 Å². The molecule has 0 spiro atoms. The predicted octanol–water partition coefficient (Wildman–Crippen LogP) is 4.01. The van der Waals surface area contributed by atoms with E-state index in [1.165, 1.54) is 53.4 Å². The first kappa shape index (κ1) is 19.0.